The minimum Gasteiger partial charge on any atom is -0.369 e. The molecule has 0 radical (unpaired) electrons. The summed E-state index contributed by atoms with van der Waals surface area (Å²) < 4.78 is 28.1. The van der Waals surface area contributed by atoms with E-state index in [9.17, 15) is 8.78 Å². The molecule has 0 aliphatic heterocycles. The van der Waals surface area contributed by atoms with Crippen LogP contribution in [-0.2, 0) is 0 Å². The lowest BCUT2D eigenvalue weighted by molar-refractivity contribution is 0.582. The molecule has 2 rings (SSSR count). The third-order valence-corrected chi connectivity index (χ3v) is 3.39. The van der Waals surface area contributed by atoms with Gasteiger partial charge in [-0.1, -0.05) is 6.07 Å². The topological polar surface area (TPSA) is 37.8 Å². The molecule has 1 aromatic heterocycles. The predicted molar refractivity (Wildman–Crippen MR) is 75.8 cm³/mol. The summed E-state index contributed by atoms with van der Waals surface area (Å²) in [5.74, 6) is -0.568. The highest BCUT2D eigenvalue weighted by molar-refractivity contribution is 5.68. The highest BCUT2D eigenvalue weighted by Crippen LogP contribution is 2.31. The maximum atomic E-state index is 14.2. The molecule has 0 fully saturated rings. The van der Waals surface area contributed by atoms with Crippen molar-refractivity contribution in [1.82, 2.24) is 10.2 Å². The Bertz CT molecular complexity index is 654. The minimum atomic E-state index is -0.624. The average molecular weight is 277 g/mol. The second-order valence-electron chi connectivity index (χ2n) is 4.73. The first-order valence-electron chi connectivity index (χ1n) is 6.50. The van der Waals surface area contributed by atoms with Crippen molar-refractivity contribution in [2.75, 3.05) is 11.9 Å². The molecule has 0 unspecified atom stereocenters. The summed E-state index contributed by atoms with van der Waals surface area (Å²) in [6.45, 7) is 7.91. The number of hydrogen-bond donors (Lipinski definition) is 1. The van der Waals surface area contributed by atoms with Crippen molar-refractivity contribution in [3.8, 4) is 11.3 Å². The summed E-state index contributed by atoms with van der Waals surface area (Å²) in [6, 6.07) is 2.67. The molecule has 0 amide bonds. The van der Waals surface area contributed by atoms with E-state index in [0.717, 1.165) is 11.1 Å². The third-order valence-electron chi connectivity index (χ3n) is 3.39. The van der Waals surface area contributed by atoms with E-state index in [-0.39, 0.29) is 11.3 Å². The predicted octanol–water partition coefficient (Wildman–Crippen LogP) is 3.78. The molecule has 0 saturated heterocycles. The van der Waals surface area contributed by atoms with Crippen molar-refractivity contribution in [2.24, 2.45) is 0 Å². The second kappa shape index (κ2) is 5.53. The Hall–Kier alpha value is -2.04. The van der Waals surface area contributed by atoms with Crippen LogP contribution in [0.25, 0.3) is 11.3 Å². The number of anilines is 1. The molecule has 0 atom stereocenters. The summed E-state index contributed by atoms with van der Waals surface area (Å²) in [4.78, 5) is 0. The van der Waals surface area contributed by atoms with E-state index in [1.54, 1.807) is 13.8 Å². The molecule has 0 bridgehead atoms. The van der Waals surface area contributed by atoms with Gasteiger partial charge in [-0.25, -0.2) is 8.78 Å². The zero-order valence-corrected chi connectivity index (χ0v) is 12.0. The zero-order valence-electron chi connectivity index (χ0n) is 12.0. The average Bonchev–Trinajstić information content (AvgIpc) is 2.42. The molecule has 106 valence electrons. The highest BCUT2D eigenvalue weighted by atomic mass is 19.1. The summed E-state index contributed by atoms with van der Waals surface area (Å²) in [5.41, 5.74) is 2.09. The first kappa shape index (κ1) is 14.4. The van der Waals surface area contributed by atoms with Crippen molar-refractivity contribution >= 4 is 5.82 Å². The maximum Gasteiger partial charge on any atom is 0.151 e. The number of nitrogens with zero attached hydrogens (tertiary/aromatic N) is 2. The van der Waals surface area contributed by atoms with Gasteiger partial charge in [-0.3, -0.25) is 0 Å². The largest absolute Gasteiger partial charge is 0.369 e. The number of aromatic nitrogens is 2. The van der Waals surface area contributed by atoms with Crippen LogP contribution in [-0.4, -0.2) is 16.7 Å². The summed E-state index contributed by atoms with van der Waals surface area (Å²) >= 11 is 0. The number of aryl methyl sites for hydroxylation is 1. The van der Waals surface area contributed by atoms with E-state index in [2.05, 4.69) is 15.5 Å². The normalized spacial score (nSPS) is 10.7. The summed E-state index contributed by atoms with van der Waals surface area (Å²) in [7, 11) is 0. The van der Waals surface area contributed by atoms with Crippen LogP contribution < -0.4 is 5.32 Å². The van der Waals surface area contributed by atoms with Crippen LogP contribution in [0.15, 0.2) is 12.1 Å². The molecule has 0 spiro atoms. The Balaban J connectivity index is 2.66. The van der Waals surface area contributed by atoms with Crippen molar-refractivity contribution in [3.63, 3.8) is 0 Å². The number of halogens is 2. The van der Waals surface area contributed by atoms with Crippen molar-refractivity contribution in [2.45, 2.75) is 27.7 Å². The molecular formula is C15H17F2N3. The van der Waals surface area contributed by atoms with Gasteiger partial charge >= 0.3 is 0 Å². The van der Waals surface area contributed by atoms with E-state index in [0.29, 0.717) is 17.9 Å². The van der Waals surface area contributed by atoms with E-state index in [4.69, 9.17) is 0 Å². The Morgan fingerprint density at radius 2 is 1.75 bits per heavy atom. The Kier molecular flexibility index (Phi) is 3.97. The molecule has 3 nitrogen and oxygen atoms in total. The Morgan fingerprint density at radius 1 is 1.05 bits per heavy atom. The highest BCUT2D eigenvalue weighted by Gasteiger charge is 2.19. The fourth-order valence-corrected chi connectivity index (χ4v) is 2.05. The SMILES string of the molecule is CCNc1nnc(-c2c(F)ccc(C)c2F)c(C)c1C. The van der Waals surface area contributed by atoms with Crippen LogP contribution in [0.4, 0.5) is 14.6 Å². The van der Waals surface area contributed by atoms with E-state index < -0.39 is 11.6 Å². The lowest BCUT2D eigenvalue weighted by atomic mass is 10.0. The van der Waals surface area contributed by atoms with Crippen LogP contribution in [0.3, 0.4) is 0 Å². The number of rotatable bonds is 3. The minimum absolute atomic E-state index is 0.110. The molecular weight excluding hydrogens is 260 g/mol. The van der Waals surface area contributed by atoms with Gasteiger partial charge in [-0.2, -0.15) is 0 Å². The lowest BCUT2D eigenvalue weighted by Crippen LogP contribution is -2.07. The smallest absolute Gasteiger partial charge is 0.151 e. The molecule has 5 heteroatoms. The van der Waals surface area contributed by atoms with Crippen molar-refractivity contribution < 1.29 is 8.78 Å². The maximum absolute atomic E-state index is 14.2. The molecule has 0 aliphatic carbocycles. The van der Waals surface area contributed by atoms with Gasteiger partial charge in [0.25, 0.3) is 0 Å². The van der Waals surface area contributed by atoms with Gasteiger partial charge in [0.1, 0.15) is 17.3 Å². The van der Waals surface area contributed by atoms with Gasteiger partial charge in [-0.05, 0) is 50.5 Å². The van der Waals surface area contributed by atoms with E-state index in [1.807, 2.05) is 13.8 Å². The molecule has 1 heterocycles. The fraction of sp³-hybridized carbons (Fsp3) is 0.333. The molecule has 2 aromatic rings. The van der Waals surface area contributed by atoms with Crippen molar-refractivity contribution in [3.05, 3.63) is 40.5 Å². The first-order chi connectivity index (χ1) is 9.47. The molecule has 20 heavy (non-hydrogen) atoms. The van der Waals surface area contributed by atoms with E-state index in [1.165, 1.54) is 12.1 Å². The van der Waals surface area contributed by atoms with Gasteiger partial charge in [0.05, 0.1) is 5.56 Å². The Labute approximate surface area is 117 Å². The van der Waals surface area contributed by atoms with Crippen LogP contribution in [0.1, 0.15) is 23.6 Å². The monoisotopic (exact) mass is 277 g/mol. The van der Waals surface area contributed by atoms with Gasteiger partial charge < -0.3 is 5.32 Å². The number of benzene rings is 1. The Morgan fingerprint density at radius 3 is 2.40 bits per heavy atom. The van der Waals surface area contributed by atoms with Crippen LogP contribution >= 0.6 is 0 Å². The first-order valence-corrected chi connectivity index (χ1v) is 6.50. The van der Waals surface area contributed by atoms with Gasteiger partial charge in [0.15, 0.2) is 5.82 Å². The second-order valence-corrected chi connectivity index (χ2v) is 4.73. The van der Waals surface area contributed by atoms with Crippen molar-refractivity contribution in [1.29, 1.82) is 0 Å². The lowest BCUT2D eigenvalue weighted by Gasteiger charge is -2.13. The van der Waals surface area contributed by atoms with Gasteiger partial charge in [0, 0.05) is 6.54 Å². The van der Waals surface area contributed by atoms with Crippen LogP contribution in [0.5, 0.6) is 0 Å². The number of nitrogens with one attached hydrogen (secondary N) is 1. The van der Waals surface area contributed by atoms with Crippen LogP contribution in [0, 0.1) is 32.4 Å². The molecule has 1 N–H and O–H groups in total. The fourth-order valence-electron chi connectivity index (χ4n) is 2.05. The molecule has 0 saturated carbocycles. The number of hydrogen-bond acceptors (Lipinski definition) is 3. The van der Waals surface area contributed by atoms with Crippen LogP contribution in [0.2, 0.25) is 0 Å². The zero-order chi connectivity index (χ0) is 14.9. The summed E-state index contributed by atoms with van der Waals surface area (Å²) in [6.07, 6.45) is 0. The summed E-state index contributed by atoms with van der Waals surface area (Å²) in [5, 5.41) is 11.1. The third kappa shape index (κ3) is 2.35. The van der Waals surface area contributed by atoms with Gasteiger partial charge in [-0.15, -0.1) is 10.2 Å². The van der Waals surface area contributed by atoms with E-state index >= 15 is 0 Å². The molecule has 1 aromatic carbocycles. The van der Waals surface area contributed by atoms with Gasteiger partial charge in [0.2, 0.25) is 0 Å². The quantitative estimate of drug-likeness (QED) is 0.927. The standard InChI is InChI=1S/C15H17F2N3/c1-5-18-15-10(4)9(3)14(19-20-15)12-11(16)7-6-8(2)13(12)17/h6-7H,5H2,1-4H3,(H,18,20). The molecule has 0 aliphatic rings.